The van der Waals surface area contributed by atoms with Gasteiger partial charge in [-0.05, 0) is 59.9 Å². The minimum Gasteiger partial charge on any atom is -0.497 e. The third-order valence-electron chi connectivity index (χ3n) is 6.44. The molecule has 0 radical (unpaired) electrons. The molecule has 174 valence electrons. The van der Waals surface area contributed by atoms with E-state index in [-0.39, 0.29) is 18.1 Å². The van der Waals surface area contributed by atoms with Crippen LogP contribution in [0, 0.1) is 0 Å². The second kappa shape index (κ2) is 8.56. The van der Waals surface area contributed by atoms with Crippen LogP contribution in [0.25, 0.3) is 0 Å². The molecule has 3 aromatic carbocycles. The standard InChI is InChI=1S/C27H23F3N2O2/c1-34-20-11-9-16(10-12-20)18-14-23-25(24(33)15-18)26(32-22-8-3-2-7-21(22)31-23)17-5-4-6-19(13-17)27(28,29)30/h2-13,18,26,31-32H,14-15H2,1H3/t18-,26-/m1/s1. The van der Waals surface area contributed by atoms with Gasteiger partial charge in [0.2, 0.25) is 0 Å². The monoisotopic (exact) mass is 464 g/mol. The first-order valence-electron chi connectivity index (χ1n) is 11.0. The van der Waals surface area contributed by atoms with Gasteiger partial charge >= 0.3 is 6.18 Å². The minimum absolute atomic E-state index is 0.0444. The van der Waals surface area contributed by atoms with Crippen molar-refractivity contribution in [2.45, 2.75) is 31.0 Å². The number of Topliss-reactive ketones (excluding diaryl/α,β-unsaturated/α-hetero) is 1. The second-order valence-corrected chi connectivity index (χ2v) is 8.56. The molecular formula is C27H23F3N2O2. The molecule has 0 bridgehead atoms. The number of ether oxygens (including phenoxy) is 1. The Balaban J connectivity index is 1.59. The molecule has 34 heavy (non-hydrogen) atoms. The average Bonchev–Trinajstić information content (AvgIpc) is 3.00. The van der Waals surface area contributed by atoms with Crippen molar-refractivity contribution in [3.8, 4) is 5.75 Å². The summed E-state index contributed by atoms with van der Waals surface area (Å²) in [6.45, 7) is 0. The first-order chi connectivity index (χ1) is 16.3. The molecule has 1 heterocycles. The van der Waals surface area contributed by atoms with Crippen molar-refractivity contribution in [1.82, 2.24) is 0 Å². The third kappa shape index (κ3) is 4.14. The van der Waals surface area contributed by atoms with Gasteiger partial charge in [-0.3, -0.25) is 4.79 Å². The van der Waals surface area contributed by atoms with E-state index in [9.17, 15) is 18.0 Å². The maximum absolute atomic E-state index is 13.5. The van der Waals surface area contributed by atoms with Crippen molar-refractivity contribution in [2.24, 2.45) is 0 Å². The topological polar surface area (TPSA) is 50.4 Å². The van der Waals surface area contributed by atoms with Gasteiger partial charge in [0, 0.05) is 17.7 Å². The maximum atomic E-state index is 13.5. The number of rotatable bonds is 3. The zero-order chi connectivity index (χ0) is 23.9. The third-order valence-corrected chi connectivity index (χ3v) is 6.44. The van der Waals surface area contributed by atoms with Crippen LogP contribution >= 0.6 is 0 Å². The molecule has 0 aromatic heterocycles. The Bertz CT molecular complexity index is 1270. The molecule has 5 rings (SSSR count). The van der Waals surface area contributed by atoms with Crippen molar-refractivity contribution in [3.63, 3.8) is 0 Å². The van der Waals surface area contributed by atoms with Gasteiger partial charge in [-0.15, -0.1) is 0 Å². The van der Waals surface area contributed by atoms with Crippen LogP contribution in [0.2, 0.25) is 0 Å². The number of benzene rings is 3. The highest BCUT2D eigenvalue weighted by Crippen LogP contribution is 2.45. The van der Waals surface area contributed by atoms with Crippen molar-refractivity contribution in [3.05, 3.63) is 101 Å². The number of halogens is 3. The largest absolute Gasteiger partial charge is 0.497 e. The Labute approximate surface area is 195 Å². The molecule has 2 atom stereocenters. The fourth-order valence-corrected chi connectivity index (χ4v) is 4.75. The van der Waals surface area contributed by atoms with E-state index in [4.69, 9.17) is 4.74 Å². The van der Waals surface area contributed by atoms with Crippen LogP contribution in [0.3, 0.4) is 0 Å². The van der Waals surface area contributed by atoms with E-state index < -0.39 is 17.8 Å². The summed E-state index contributed by atoms with van der Waals surface area (Å²) in [5.74, 6) is 0.607. The van der Waals surface area contributed by atoms with Gasteiger partial charge < -0.3 is 15.4 Å². The number of fused-ring (bicyclic) bond motifs is 1. The number of nitrogens with one attached hydrogen (secondary N) is 2. The number of carbonyl (C=O) groups excluding carboxylic acids is 1. The van der Waals surface area contributed by atoms with E-state index in [2.05, 4.69) is 10.6 Å². The van der Waals surface area contributed by atoms with Crippen molar-refractivity contribution >= 4 is 17.2 Å². The number of allylic oxidation sites excluding steroid dienone is 1. The molecule has 7 heteroatoms. The summed E-state index contributed by atoms with van der Waals surface area (Å²) >= 11 is 0. The zero-order valence-electron chi connectivity index (χ0n) is 18.4. The number of para-hydroxylation sites is 2. The summed E-state index contributed by atoms with van der Waals surface area (Å²) in [4.78, 5) is 13.5. The predicted molar refractivity (Wildman–Crippen MR) is 125 cm³/mol. The molecule has 0 saturated heterocycles. The normalized spacial score (nSPS) is 19.9. The van der Waals surface area contributed by atoms with Crippen LogP contribution < -0.4 is 15.4 Å². The number of hydrogen-bond donors (Lipinski definition) is 2. The fourth-order valence-electron chi connectivity index (χ4n) is 4.75. The lowest BCUT2D eigenvalue weighted by Gasteiger charge is -2.30. The Morgan fingerprint density at radius 2 is 1.62 bits per heavy atom. The van der Waals surface area contributed by atoms with E-state index >= 15 is 0 Å². The summed E-state index contributed by atoms with van der Waals surface area (Å²) in [5, 5.41) is 6.74. The number of anilines is 2. The summed E-state index contributed by atoms with van der Waals surface area (Å²) in [6.07, 6.45) is -3.62. The van der Waals surface area contributed by atoms with Crippen LogP contribution in [0.4, 0.5) is 24.5 Å². The maximum Gasteiger partial charge on any atom is 0.416 e. The first-order valence-corrected chi connectivity index (χ1v) is 11.0. The van der Waals surface area contributed by atoms with E-state index in [1.165, 1.54) is 6.07 Å². The number of hydrogen-bond acceptors (Lipinski definition) is 4. The van der Waals surface area contributed by atoms with Gasteiger partial charge in [0.1, 0.15) is 5.75 Å². The van der Waals surface area contributed by atoms with Gasteiger partial charge in [0.05, 0.1) is 30.1 Å². The molecule has 0 spiro atoms. The molecule has 0 saturated carbocycles. The first kappa shape index (κ1) is 22.1. The number of alkyl halides is 3. The Morgan fingerprint density at radius 3 is 2.32 bits per heavy atom. The quantitative estimate of drug-likeness (QED) is 0.453. The molecule has 0 fully saturated rings. The smallest absolute Gasteiger partial charge is 0.416 e. The lowest BCUT2D eigenvalue weighted by Crippen LogP contribution is -2.27. The van der Waals surface area contributed by atoms with Crippen molar-refractivity contribution in [1.29, 1.82) is 0 Å². The molecule has 2 N–H and O–H groups in total. The van der Waals surface area contributed by atoms with Crippen molar-refractivity contribution in [2.75, 3.05) is 17.7 Å². The Kier molecular flexibility index (Phi) is 5.55. The highest BCUT2D eigenvalue weighted by Gasteiger charge is 2.37. The van der Waals surface area contributed by atoms with Crippen LogP contribution in [0.15, 0.2) is 84.1 Å². The van der Waals surface area contributed by atoms with Crippen LogP contribution in [0.5, 0.6) is 5.75 Å². The highest BCUT2D eigenvalue weighted by atomic mass is 19.4. The number of ketones is 1. The molecule has 1 aliphatic heterocycles. The van der Waals surface area contributed by atoms with E-state index in [1.54, 1.807) is 13.2 Å². The minimum atomic E-state index is -4.47. The molecule has 4 nitrogen and oxygen atoms in total. The lowest BCUT2D eigenvalue weighted by atomic mass is 9.78. The molecule has 1 aliphatic carbocycles. The second-order valence-electron chi connectivity index (χ2n) is 8.56. The summed E-state index contributed by atoms with van der Waals surface area (Å²) in [5.41, 5.74) is 3.41. The molecule has 0 amide bonds. The van der Waals surface area contributed by atoms with Crippen LogP contribution in [0.1, 0.15) is 41.5 Å². The Morgan fingerprint density at radius 1 is 0.882 bits per heavy atom. The van der Waals surface area contributed by atoms with Gasteiger partial charge in [0.15, 0.2) is 5.78 Å². The van der Waals surface area contributed by atoms with Gasteiger partial charge in [-0.1, -0.05) is 36.4 Å². The van der Waals surface area contributed by atoms with E-state index in [1.807, 2.05) is 48.5 Å². The van der Waals surface area contributed by atoms with Gasteiger partial charge in [0.25, 0.3) is 0 Å². The van der Waals surface area contributed by atoms with E-state index in [0.717, 1.165) is 40.5 Å². The molecule has 3 aromatic rings. The summed E-state index contributed by atoms with van der Waals surface area (Å²) < 4.78 is 45.5. The number of carbonyl (C=O) groups is 1. The summed E-state index contributed by atoms with van der Waals surface area (Å²) in [6, 6.07) is 19.6. The van der Waals surface area contributed by atoms with Gasteiger partial charge in [-0.25, -0.2) is 0 Å². The van der Waals surface area contributed by atoms with Crippen molar-refractivity contribution < 1.29 is 22.7 Å². The number of methoxy groups -OCH3 is 1. The van der Waals surface area contributed by atoms with E-state index in [0.29, 0.717) is 17.6 Å². The fraction of sp³-hybridized carbons (Fsp3) is 0.222. The lowest BCUT2D eigenvalue weighted by molar-refractivity contribution is -0.137. The summed E-state index contributed by atoms with van der Waals surface area (Å²) in [7, 11) is 1.60. The van der Waals surface area contributed by atoms with Gasteiger partial charge in [-0.2, -0.15) is 13.2 Å². The Hall–Kier alpha value is -3.74. The molecule has 2 aliphatic rings. The SMILES string of the molecule is COc1ccc([C@H]2CC(=O)C3=C(C2)Nc2ccccc2N[C@@H]3c2cccc(C(F)(F)F)c2)cc1. The zero-order valence-corrected chi connectivity index (χ0v) is 18.4. The highest BCUT2D eigenvalue weighted by molar-refractivity contribution is 6.01. The molecule has 0 unspecified atom stereocenters. The molecular weight excluding hydrogens is 441 g/mol. The van der Waals surface area contributed by atoms with Crippen LogP contribution in [-0.4, -0.2) is 12.9 Å². The predicted octanol–water partition coefficient (Wildman–Crippen LogP) is 6.69. The van der Waals surface area contributed by atoms with Crippen LogP contribution in [-0.2, 0) is 11.0 Å². The average molecular weight is 464 g/mol.